The van der Waals surface area contributed by atoms with E-state index in [0.717, 1.165) is 12.1 Å². The van der Waals surface area contributed by atoms with Crippen molar-refractivity contribution in [3.05, 3.63) is 42.0 Å². The smallest absolute Gasteiger partial charge is 0.255 e. The molecule has 1 unspecified atom stereocenters. The molecule has 22 heavy (non-hydrogen) atoms. The highest BCUT2D eigenvalue weighted by Gasteiger charge is 2.36. The number of nitrogens with zero attached hydrogens (tertiary/aromatic N) is 5. The molecule has 0 spiro atoms. The number of aromatic nitrogens is 4. The van der Waals surface area contributed by atoms with Crippen molar-refractivity contribution in [3.8, 4) is 0 Å². The van der Waals surface area contributed by atoms with Crippen LogP contribution in [0.5, 0.6) is 0 Å². The van der Waals surface area contributed by atoms with Crippen LogP contribution in [0.2, 0.25) is 0 Å². The zero-order valence-corrected chi connectivity index (χ0v) is 12.5. The van der Waals surface area contributed by atoms with Gasteiger partial charge in [-0.1, -0.05) is 5.21 Å². The van der Waals surface area contributed by atoms with Gasteiger partial charge in [-0.05, 0) is 31.9 Å². The summed E-state index contributed by atoms with van der Waals surface area (Å²) in [6, 6.07) is 3.59. The molecule has 1 aliphatic heterocycles. The lowest BCUT2D eigenvalue weighted by Gasteiger charge is -2.39. The lowest BCUT2D eigenvalue weighted by atomic mass is 9.92. The van der Waals surface area contributed by atoms with Crippen molar-refractivity contribution < 1.29 is 9.90 Å². The number of piperidine rings is 1. The molecule has 7 heteroatoms. The monoisotopic (exact) mass is 301 g/mol. The fourth-order valence-electron chi connectivity index (χ4n) is 2.81. The van der Waals surface area contributed by atoms with E-state index in [1.54, 1.807) is 34.2 Å². The quantitative estimate of drug-likeness (QED) is 0.900. The zero-order chi connectivity index (χ0) is 15.6. The Hall–Kier alpha value is -2.28. The Labute approximate surface area is 128 Å². The summed E-state index contributed by atoms with van der Waals surface area (Å²) in [7, 11) is 0. The van der Waals surface area contributed by atoms with Crippen molar-refractivity contribution in [2.75, 3.05) is 13.1 Å². The van der Waals surface area contributed by atoms with E-state index < -0.39 is 5.60 Å². The molecule has 7 nitrogen and oxygen atoms in total. The first kappa shape index (κ1) is 14.6. The van der Waals surface area contributed by atoms with Crippen LogP contribution in [0, 0.1) is 6.92 Å². The van der Waals surface area contributed by atoms with E-state index in [-0.39, 0.29) is 5.91 Å². The van der Waals surface area contributed by atoms with Crippen molar-refractivity contribution in [1.82, 2.24) is 24.9 Å². The molecule has 0 aromatic carbocycles. The van der Waals surface area contributed by atoms with E-state index in [1.165, 1.54) is 0 Å². The number of aliphatic hydroxyl groups is 1. The Morgan fingerprint density at radius 1 is 1.45 bits per heavy atom. The molecule has 1 amide bonds. The number of likely N-dealkylation sites (tertiary alicyclic amines) is 1. The average molecular weight is 301 g/mol. The van der Waals surface area contributed by atoms with Crippen molar-refractivity contribution in [3.63, 3.8) is 0 Å². The van der Waals surface area contributed by atoms with Gasteiger partial charge in [0.1, 0.15) is 5.60 Å². The lowest BCUT2D eigenvalue weighted by molar-refractivity contribution is -0.0387. The van der Waals surface area contributed by atoms with Gasteiger partial charge in [-0.25, -0.2) is 4.68 Å². The number of carbonyl (C=O) groups is 1. The van der Waals surface area contributed by atoms with Crippen LogP contribution in [0.25, 0.3) is 0 Å². The molecule has 3 rings (SSSR count). The first-order valence-electron chi connectivity index (χ1n) is 7.34. The van der Waals surface area contributed by atoms with E-state index in [4.69, 9.17) is 0 Å². The lowest BCUT2D eigenvalue weighted by Crippen LogP contribution is -2.52. The van der Waals surface area contributed by atoms with Gasteiger partial charge in [-0.2, -0.15) is 0 Å². The number of rotatable bonds is 3. The molecule has 1 saturated heterocycles. The Kier molecular flexibility index (Phi) is 3.89. The molecule has 1 atom stereocenters. The maximum absolute atomic E-state index is 12.5. The third kappa shape index (κ3) is 3.14. The van der Waals surface area contributed by atoms with Crippen LogP contribution in [0.4, 0.5) is 0 Å². The number of carbonyl (C=O) groups excluding carboxylic acids is 1. The molecular formula is C15H19N5O2. The summed E-state index contributed by atoms with van der Waals surface area (Å²) in [5.41, 5.74) is 0.452. The third-order valence-corrected chi connectivity index (χ3v) is 3.93. The maximum atomic E-state index is 12.5. The predicted molar refractivity (Wildman–Crippen MR) is 79.1 cm³/mol. The van der Waals surface area contributed by atoms with Crippen LogP contribution in [0.1, 0.15) is 28.9 Å². The SMILES string of the molecule is Cc1ccc(C(=O)N2CCCC(O)(Cn3ccnn3)C2)cn1. The van der Waals surface area contributed by atoms with E-state index >= 15 is 0 Å². The van der Waals surface area contributed by atoms with E-state index in [1.807, 2.05) is 13.0 Å². The van der Waals surface area contributed by atoms with Gasteiger partial charge in [-0.3, -0.25) is 9.78 Å². The van der Waals surface area contributed by atoms with Gasteiger partial charge in [0.25, 0.3) is 5.91 Å². The second kappa shape index (κ2) is 5.84. The molecule has 116 valence electrons. The summed E-state index contributed by atoms with van der Waals surface area (Å²) in [5.74, 6) is -0.0933. The van der Waals surface area contributed by atoms with Gasteiger partial charge in [-0.15, -0.1) is 5.10 Å². The number of hydrogen-bond acceptors (Lipinski definition) is 5. The minimum atomic E-state index is -0.972. The highest BCUT2D eigenvalue weighted by molar-refractivity contribution is 5.94. The summed E-state index contributed by atoms with van der Waals surface area (Å²) in [5, 5.41) is 18.4. The van der Waals surface area contributed by atoms with Gasteiger partial charge in [0, 0.05) is 24.6 Å². The van der Waals surface area contributed by atoms with Crippen LogP contribution >= 0.6 is 0 Å². The summed E-state index contributed by atoms with van der Waals surface area (Å²) >= 11 is 0. The highest BCUT2D eigenvalue weighted by atomic mass is 16.3. The molecule has 0 aliphatic carbocycles. The van der Waals surface area contributed by atoms with E-state index in [9.17, 15) is 9.90 Å². The molecule has 3 heterocycles. The molecule has 0 radical (unpaired) electrons. The largest absolute Gasteiger partial charge is 0.386 e. The number of pyridine rings is 1. The molecule has 2 aromatic rings. The van der Waals surface area contributed by atoms with Crippen molar-refractivity contribution in [2.24, 2.45) is 0 Å². The Morgan fingerprint density at radius 3 is 3.00 bits per heavy atom. The van der Waals surface area contributed by atoms with E-state index in [0.29, 0.717) is 31.6 Å². The normalized spacial score (nSPS) is 21.8. The number of aryl methyl sites for hydroxylation is 1. The third-order valence-electron chi connectivity index (χ3n) is 3.93. The Balaban J connectivity index is 1.72. The first-order valence-corrected chi connectivity index (χ1v) is 7.34. The highest BCUT2D eigenvalue weighted by Crippen LogP contribution is 2.24. The maximum Gasteiger partial charge on any atom is 0.255 e. The van der Waals surface area contributed by atoms with Crippen LogP contribution in [0.15, 0.2) is 30.7 Å². The fourth-order valence-corrected chi connectivity index (χ4v) is 2.81. The van der Waals surface area contributed by atoms with Gasteiger partial charge >= 0.3 is 0 Å². The van der Waals surface area contributed by atoms with Gasteiger partial charge < -0.3 is 10.0 Å². The molecule has 1 fully saturated rings. The zero-order valence-electron chi connectivity index (χ0n) is 12.5. The molecule has 0 saturated carbocycles. The summed E-state index contributed by atoms with van der Waals surface area (Å²) in [4.78, 5) is 18.4. The van der Waals surface area contributed by atoms with Crippen LogP contribution in [0.3, 0.4) is 0 Å². The fraction of sp³-hybridized carbons (Fsp3) is 0.467. The van der Waals surface area contributed by atoms with Crippen LogP contribution in [-0.4, -0.2) is 54.6 Å². The number of β-amino-alcohol motifs (C(OH)–C–C–N with tert-alkyl or cyclic N) is 1. The first-order chi connectivity index (χ1) is 10.6. The van der Waals surface area contributed by atoms with Gasteiger partial charge in [0.05, 0.1) is 24.8 Å². The molecule has 0 bridgehead atoms. The molecule has 1 aliphatic rings. The molecule has 2 aromatic heterocycles. The average Bonchev–Trinajstić information content (AvgIpc) is 2.99. The second-order valence-electron chi connectivity index (χ2n) is 5.84. The van der Waals surface area contributed by atoms with Crippen LogP contribution < -0.4 is 0 Å². The summed E-state index contributed by atoms with van der Waals surface area (Å²) < 4.78 is 1.60. The number of amides is 1. The minimum Gasteiger partial charge on any atom is -0.386 e. The van der Waals surface area contributed by atoms with Crippen molar-refractivity contribution in [1.29, 1.82) is 0 Å². The molecular weight excluding hydrogens is 282 g/mol. The van der Waals surface area contributed by atoms with Crippen LogP contribution in [-0.2, 0) is 6.54 Å². The summed E-state index contributed by atoms with van der Waals surface area (Å²) in [6.07, 6.45) is 6.28. The topological polar surface area (TPSA) is 84.1 Å². The van der Waals surface area contributed by atoms with Gasteiger partial charge in [0.15, 0.2) is 0 Å². The minimum absolute atomic E-state index is 0.0933. The predicted octanol–water partition coefficient (Wildman–Crippen LogP) is 0.649. The Morgan fingerprint density at radius 2 is 2.32 bits per heavy atom. The second-order valence-corrected chi connectivity index (χ2v) is 5.84. The standard InChI is InChI=1S/C15H19N5O2/c1-12-3-4-13(9-16-12)14(21)19-7-2-5-15(22,10-19)11-20-8-6-17-18-20/h3-4,6,8-9,22H,2,5,7,10-11H2,1H3. The number of hydrogen-bond donors (Lipinski definition) is 1. The summed E-state index contributed by atoms with van der Waals surface area (Å²) in [6.45, 7) is 3.15. The van der Waals surface area contributed by atoms with E-state index in [2.05, 4.69) is 15.3 Å². The van der Waals surface area contributed by atoms with Gasteiger partial charge in [0.2, 0.25) is 0 Å². The van der Waals surface area contributed by atoms with Crippen molar-refractivity contribution in [2.45, 2.75) is 31.9 Å². The Bertz CT molecular complexity index is 640. The van der Waals surface area contributed by atoms with Crippen molar-refractivity contribution >= 4 is 5.91 Å². The molecule has 1 N–H and O–H groups in total.